The topological polar surface area (TPSA) is 0 Å². The summed E-state index contributed by atoms with van der Waals surface area (Å²) in [6.45, 7) is 0. The zero-order chi connectivity index (χ0) is 6.74. The summed E-state index contributed by atoms with van der Waals surface area (Å²) in [5, 5.41) is 0. The zero-order valence-electron chi connectivity index (χ0n) is 6.14. The molecule has 0 saturated heterocycles. The fourth-order valence-corrected chi connectivity index (χ4v) is 6.50. The van der Waals surface area contributed by atoms with Crippen LogP contribution >= 0.6 is 0 Å². The molecule has 9 heavy (non-hydrogen) atoms. The summed E-state index contributed by atoms with van der Waals surface area (Å²) in [6, 6.07) is 0. The van der Waals surface area contributed by atoms with Crippen molar-refractivity contribution in [1.29, 1.82) is 0 Å². The van der Waals surface area contributed by atoms with Crippen molar-refractivity contribution in [1.82, 2.24) is 0 Å². The van der Waals surface area contributed by atoms with E-state index in [2.05, 4.69) is 11.6 Å². The van der Waals surface area contributed by atoms with Gasteiger partial charge in [-0.05, 0) is 0 Å². The van der Waals surface area contributed by atoms with Crippen molar-refractivity contribution in [3.05, 3.63) is 0 Å². The van der Waals surface area contributed by atoms with Crippen LogP contribution in [0.2, 0.25) is 14.9 Å². The molecule has 0 aromatic carbocycles. The Bertz CT molecular complexity index is 78.9. The molecular formula is C7H14Se2. The summed E-state index contributed by atoms with van der Waals surface area (Å²) in [5.74, 6) is 4.84. The van der Waals surface area contributed by atoms with E-state index in [1.165, 1.54) is 12.8 Å². The first-order chi connectivity index (χ1) is 4.33. The van der Waals surface area contributed by atoms with Gasteiger partial charge in [-0.15, -0.1) is 0 Å². The van der Waals surface area contributed by atoms with Crippen LogP contribution in [0.1, 0.15) is 25.7 Å². The molecule has 0 aromatic rings. The van der Waals surface area contributed by atoms with E-state index in [1.54, 1.807) is 12.8 Å². The minimum absolute atomic E-state index is 0.903. The molecule has 1 aliphatic carbocycles. The summed E-state index contributed by atoms with van der Waals surface area (Å²) >= 11 is 1.86. The van der Waals surface area contributed by atoms with Crippen LogP contribution in [0.25, 0.3) is 0 Å². The van der Waals surface area contributed by atoms with Gasteiger partial charge in [0.15, 0.2) is 0 Å². The molecule has 0 unspecified atom stereocenters. The molecule has 0 spiro atoms. The molecule has 0 heterocycles. The van der Waals surface area contributed by atoms with Crippen molar-refractivity contribution >= 4 is 29.9 Å². The second-order valence-electron chi connectivity index (χ2n) is 2.53. The third-order valence-corrected chi connectivity index (χ3v) is 10.6. The summed E-state index contributed by atoms with van der Waals surface area (Å²) in [6.07, 6.45) is 6.15. The minimum atomic E-state index is 0.903. The van der Waals surface area contributed by atoms with Gasteiger partial charge in [0.05, 0.1) is 0 Å². The molecule has 0 amide bonds. The molecule has 2 heteroatoms. The number of rotatable bonds is 2. The van der Waals surface area contributed by atoms with Gasteiger partial charge in [-0.1, -0.05) is 0 Å². The fourth-order valence-electron chi connectivity index (χ4n) is 1.41. The maximum atomic E-state index is 2.42. The van der Waals surface area contributed by atoms with Gasteiger partial charge < -0.3 is 0 Å². The Balaban J connectivity index is 2.45. The Kier molecular flexibility index (Phi) is 3.11. The standard InChI is InChI=1S/C7H14Se2/c1-8-7(9-2)5-3-4-6-7/h3-6H2,1-2H3. The molecule has 1 rings (SSSR count). The monoisotopic (exact) mass is 258 g/mol. The average molecular weight is 256 g/mol. The van der Waals surface area contributed by atoms with Gasteiger partial charge in [0.2, 0.25) is 0 Å². The molecule has 1 aliphatic rings. The Morgan fingerprint density at radius 1 is 1.00 bits per heavy atom. The molecule has 0 aliphatic heterocycles. The second kappa shape index (κ2) is 3.44. The predicted molar refractivity (Wildman–Crippen MR) is 44.4 cm³/mol. The van der Waals surface area contributed by atoms with Gasteiger partial charge in [-0.25, -0.2) is 0 Å². The molecule has 0 aromatic heterocycles. The van der Waals surface area contributed by atoms with E-state index in [0.717, 1.165) is 33.1 Å². The van der Waals surface area contributed by atoms with Gasteiger partial charge in [-0.2, -0.15) is 0 Å². The van der Waals surface area contributed by atoms with Crippen LogP contribution in [-0.4, -0.2) is 29.9 Å². The summed E-state index contributed by atoms with van der Waals surface area (Å²) in [4.78, 5) is 0. The van der Waals surface area contributed by atoms with Crippen molar-refractivity contribution in [3.8, 4) is 0 Å². The Morgan fingerprint density at radius 2 is 1.44 bits per heavy atom. The first-order valence-electron chi connectivity index (χ1n) is 3.43. The molecule has 0 bridgehead atoms. The molecule has 0 radical (unpaired) electrons. The first kappa shape index (κ1) is 8.14. The van der Waals surface area contributed by atoms with Crippen molar-refractivity contribution in [2.24, 2.45) is 0 Å². The van der Waals surface area contributed by atoms with Crippen molar-refractivity contribution < 1.29 is 0 Å². The molecule has 1 saturated carbocycles. The van der Waals surface area contributed by atoms with Crippen LogP contribution in [-0.2, 0) is 0 Å². The van der Waals surface area contributed by atoms with Gasteiger partial charge in [0.25, 0.3) is 0 Å². The van der Waals surface area contributed by atoms with Crippen LogP contribution < -0.4 is 0 Å². The number of hydrogen-bond acceptors (Lipinski definition) is 0. The van der Waals surface area contributed by atoms with E-state index in [-0.39, 0.29) is 0 Å². The van der Waals surface area contributed by atoms with E-state index < -0.39 is 0 Å². The quantitative estimate of drug-likeness (QED) is 0.664. The molecule has 0 atom stereocenters. The predicted octanol–water partition coefficient (Wildman–Crippen LogP) is 2.18. The summed E-state index contributed by atoms with van der Waals surface area (Å²) in [5.41, 5.74) is 0. The average Bonchev–Trinajstić information content (AvgIpc) is 2.36. The molecule has 0 N–H and O–H groups in total. The first-order valence-corrected chi connectivity index (χ1v) is 8.57. The number of hydrogen-bond donors (Lipinski definition) is 0. The molecular weight excluding hydrogens is 242 g/mol. The molecule has 1 fully saturated rings. The van der Waals surface area contributed by atoms with Crippen molar-refractivity contribution in [2.45, 2.75) is 40.5 Å². The summed E-state index contributed by atoms with van der Waals surface area (Å²) in [7, 11) is 0. The second-order valence-corrected chi connectivity index (χ2v) is 8.83. The summed E-state index contributed by atoms with van der Waals surface area (Å²) < 4.78 is 0.903. The van der Waals surface area contributed by atoms with E-state index in [1.807, 2.05) is 0 Å². The van der Waals surface area contributed by atoms with Gasteiger partial charge in [0.1, 0.15) is 0 Å². The maximum absolute atomic E-state index is 2.42. The Morgan fingerprint density at radius 3 is 1.67 bits per heavy atom. The molecule has 54 valence electrons. The normalized spacial score (nSPS) is 24.7. The Labute approximate surface area is 70.5 Å². The molecule has 0 nitrogen and oxygen atoms in total. The Hall–Kier alpha value is 1.04. The van der Waals surface area contributed by atoms with Crippen LogP contribution in [0, 0.1) is 0 Å². The van der Waals surface area contributed by atoms with E-state index >= 15 is 0 Å². The third kappa shape index (κ3) is 1.74. The SMILES string of the molecule is C[Se]C1([Se]C)CCCC1. The van der Waals surface area contributed by atoms with Gasteiger partial charge >= 0.3 is 70.5 Å². The zero-order valence-corrected chi connectivity index (χ0v) is 9.57. The van der Waals surface area contributed by atoms with Crippen LogP contribution in [0.5, 0.6) is 0 Å². The van der Waals surface area contributed by atoms with Crippen molar-refractivity contribution in [2.75, 3.05) is 0 Å². The van der Waals surface area contributed by atoms with E-state index in [0.29, 0.717) is 0 Å². The van der Waals surface area contributed by atoms with Gasteiger partial charge in [-0.3, -0.25) is 0 Å². The van der Waals surface area contributed by atoms with Crippen LogP contribution in [0.4, 0.5) is 0 Å². The third-order valence-electron chi connectivity index (χ3n) is 2.11. The van der Waals surface area contributed by atoms with E-state index in [9.17, 15) is 0 Å². The van der Waals surface area contributed by atoms with Gasteiger partial charge in [0, 0.05) is 0 Å². The van der Waals surface area contributed by atoms with Crippen LogP contribution in [0.3, 0.4) is 0 Å². The van der Waals surface area contributed by atoms with E-state index in [4.69, 9.17) is 0 Å². The van der Waals surface area contributed by atoms with Crippen molar-refractivity contribution in [3.63, 3.8) is 0 Å². The fraction of sp³-hybridized carbons (Fsp3) is 1.00. The van der Waals surface area contributed by atoms with Crippen LogP contribution in [0.15, 0.2) is 0 Å².